The number of rotatable bonds is 17. The van der Waals surface area contributed by atoms with E-state index in [1.807, 2.05) is 0 Å². The van der Waals surface area contributed by atoms with Crippen LogP contribution in [0.3, 0.4) is 0 Å². The van der Waals surface area contributed by atoms with Crippen molar-refractivity contribution in [2.75, 3.05) is 6.54 Å². The molecule has 1 aliphatic rings. The number of hydrogen-bond donors (Lipinski definition) is 2. The minimum Gasteiger partial charge on any atom is -0.432 e. The summed E-state index contributed by atoms with van der Waals surface area (Å²) in [5, 5.41) is 8.06. The number of thiocarbonyl (C=S) groups is 2. The molecule has 2 atom stereocenters. The largest absolute Gasteiger partial charge is 0.432 e. The Hall–Kier alpha value is -2.18. The van der Waals surface area contributed by atoms with E-state index >= 15 is 0 Å². The maximum Gasteiger partial charge on any atom is 0.262 e. The quantitative estimate of drug-likeness (QED) is 0.164. The van der Waals surface area contributed by atoms with E-state index in [9.17, 15) is 0 Å². The molecule has 2 N–H and O–H groups in total. The van der Waals surface area contributed by atoms with Crippen LogP contribution in [0.15, 0.2) is 36.4 Å². The van der Waals surface area contributed by atoms with Gasteiger partial charge in [0, 0.05) is 12.6 Å². The molecule has 0 amide bonds. The molecule has 0 aliphatic heterocycles. The third kappa shape index (κ3) is 12.1. The van der Waals surface area contributed by atoms with Crippen LogP contribution in [-0.2, 0) is 25.7 Å². The first-order valence-corrected chi connectivity index (χ1v) is 19.0. The van der Waals surface area contributed by atoms with Crippen LogP contribution in [0, 0.1) is 10.8 Å². The lowest BCUT2D eigenvalue weighted by Gasteiger charge is -2.47. The van der Waals surface area contributed by atoms with Crippen molar-refractivity contribution >= 4 is 34.8 Å². The molecule has 0 heterocycles. The van der Waals surface area contributed by atoms with Gasteiger partial charge >= 0.3 is 0 Å². The molecule has 0 radical (unpaired) electrons. The zero-order valence-corrected chi connectivity index (χ0v) is 31.6. The molecular formula is C40H62N2O2S2. The van der Waals surface area contributed by atoms with Crippen LogP contribution in [0.5, 0.6) is 11.5 Å². The average molecular weight is 667 g/mol. The van der Waals surface area contributed by atoms with Gasteiger partial charge in [0.05, 0.1) is 0 Å². The van der Waals surface area contributed by atoms with Gasteiger partial charge in [-0.2, -0.15) is 0 Å². The summed E-state index contributed by atoms with van der Waals surface area (Å²) < 4.78 is 12.8. The van der Waals surface area contributed by atoms with Crippen LogP contribution in [0.25, 0.3) is 0 Å². The molecule has 0 aromatic heterocycles. The van der Waals surface area contributed by atoms with E-state index in [4.69, 9.17) is 33.9 Å². The van der Waals surface area contributed by atoms with Crippen molar-refractivity contribution in [3.63, 3.8) is 0 Å². The van der Waals surface area contributed by atoms with Crippen molar-refractivity contribution in [3.05, 3.63) is 58.7 Å². The van der Waals surface area contributed by atoms with E-state index in [1.54, 1.807) is 0 Å². The van der Waals surface area contributed by atoms with Crippen LogP contribution in [-0.4, -0.2) is 22.9 Å². The van der Waals surface area contributed by atoms with Gasteiger partial charge in [-0.3, -0.25) is 0 Å². The molecule has 256 valence electrons. The van der Waals surface area contributed by atoms with E-state index in [2.05, 4.69) is 95.5 Å². The third-order valence-electron chi connectivity index (χ3n) is 9.45. The summed E-state index contributed by atoms with van der Waals surface area (Å²) in [5.41, 5.74) is 5.60. The number of ether oxygens (including phenoxy) is 2. The second-order valence-electron chi connectivity index (χ2n) is 14.7. The minimum absolute atomic E-state index is 0.0167. The average Bonchev–Trinajstić information content (AvgIpc) is 2.99. The molecule has 46 heavy (non-hydrogen) atoms. The van der Waals surface area contributed by atoms with E-state index in [1.165, 1.54) is 47.9 Å². The molecule has 1 aliphatic carbocycles. The monoisotopic (exact) mass is 666 g/mol. The smallest absolute Gasteiger partial charge is 0.262 e. The van der Waals surface area contributed by atoms with Crippen molar-refractivity contribution in [2.45, 2.75) is 151 Å². The van der Waals surface area contributed by atoms with Gasteiger partial charge in [0.1, 0.15) is 11.5 Å². The van der Waals surface area contributed by atoms with Gasteiger partial charge < -0.3 is 20.1 Å². The molecule has 3 rings (SSSR count). The van der Waals surface area contributed by atoms with Crippen LogP contribution >= 0.6 is 24.4 Å². The lowest BCUT2D eigenvalue weighted by molar-refractivity contribution is 0.0787. The highest BCUT2D eigenvalue weighted by Gasteiger charge is 2.41. The van der Waals surface area contributed by atoms with Crippen molar-refractivity contribution in [3.8, 4) is 11.5 Å². The molecule has 0 saturated heterocycles. The van der Waals surface area contributed by atoms with Gasteiger partial charge in [0.2, 0.25) is 0 Å². The van der Waals surface area contributed by atoms with E-state index in [0.29, 0.717) is 10.3 Å². The van der Waals surface area contributed by atoms with Gasteiger partial charge in [-0.05, 0) is 140 Å². The predicted molar refractivity (Wildman–Crippen MR) is 204 cm³/mol. The summed E-state index contributed by atoms with van der Waals surface area (Å²) in [5.74, 6) is 1.83. The fourth-order valence-corrected chi connectivity index (χ4v) is 7.90. The maximum atomic E-state index is 6.40. The molecule has 0 spiro atoms. The molecule has 2 unspecified atom stereocenters. The highest BCUT2D eigenvalue weighted by molar-refractivity contribution is 7.80. The first kappa shape index (κ1) is 38.3. The second-order valence-corrected chi connectivity index (χ2v) is 15.5. The summed E-state index contributed by atoms with van der Waals surface area (Å²) in [4.78, 5) is 0. The number of benzene rings is 2. The standard InChI is InChI=1S/C40H62N2O2S2/c1-8-12-18-30-20-16-24-35(33(30)22-14-10-3)43-37(45)41-29-40(7)27-32(26-39(5,6)28-40)42-38(46)44-36-25-17-21-31(19-13-9-2)34(36)23-15-11-4/h16-17,20-21,24-25,32H,8-15,18-19,22-23,26-29H2,1-7H3,(H,41,45)(H,42,46). The van der Waals surface area contributed by atoms with Crippen molar-refractivity contribution < 1.29 is 9.47 Å². The zero-order chi connectivity index (χ0) is 33.6. The number of unbranched alkanes of at least 4 members (excludes halogenated alkanes) is 4. The Morgan fingerprint density at radius 3 is 1.67 bits per heavy atom. The number of aryl methyl sites for hydroxylation is 2. The summed E-state index contributed by atoms with van der Waals surface area (Å²) in [7, 11) is 0. The van der Waals surface area contributed by atoms with Gasteiger partial charge in [-0.1, -0.05) is 98.4 Å². The first-order valence-electron chi connectivity index (χ1n) is 18.2. The van der Waals surface area contributed by atoms with Crippen LogP contribution in [0.2, 0.25) is 0 Å². The van der Waals surface area contributed by atoms with Gasteiger partial charge in [0.25, 0.3) is 10.3 Å². The lowest BCUT2D eigenvalue weighted by atomic mass is 9.62. The van der Waals surface area contributed by atoms with E-state index < -0.39 is 0 Å². The Morgan fingerprint density at radius 1 is 0.696 bits per heavy atom. The molecule has 2 aromatic rings. The van der Waals surface area contributed by atoms with Crippen LogP contribution in [0.1, 0.15) is 141 Å². The SMILES string of the molecule is CCCCc1cccc(OC(=S)NCC2(C)CC(NC(=S)Oc3cccc(CCCC)c3CCCC)CC(C)(C)C2)c1CCCC. The highest BCUT2D eigenvalue weighted by Crippen LogP contribution is 2.46. The van der Waals surface area contributed by atoms with Crippen molar-refractivity contribution in [2.24, 2.45) is 10.8 Å². The Bertz CT molecular complexity index is 1260. The minimum atomic E-state index is 0.0167. The third-order valence-corrected chi connectivity index (χ3v) is 9.88. The fraction of sp³-hybridized carbons (Fsp3) is 0.650. The van der Waals surface area contributed by atoms with Crippen LogP contribution in [0.4, 0.5) is 0 Å². The molecule has 0 bridgehead atoms. The Labute approximate surface area is 292 Å². The summed E-state index contributed by atoms with van der Waals surface area (Å²) in [6, 6.07) is 13.1. The molecule has 2 aromatic carbocycles. The Morgan fingerprint density at radius 2 is 1.17 bits per heavy atom. The molecule has 1 saturated carbocycles. The van der Waals surface area contributed by atoms with E-state index in [-0.39, 0.29) is 16.9 Å². The van der Waals surface area contributed by atoms with Crippen molar-refractivity contribution in [1.29, 1.82) is 0 Å². The normalized spacial score (nSPS) is 19.0. The predicted octanol–water partition coefficient (Wildman–Crippen LogP) is 10.8. The zero-order valence-electron chi connectivity index (χ0n) is 30.0. The maximum absolute atomic E-state index is 6.40. The highest BCUT2D eigenvalue weighted by atomic mass is 32.1. The topological polar surface area (TPSA) is 42.5 Å². The molecule has 4 nitrogen and oxygen atoms in total. The first-order chi connectivity index (χ1) is 22.0. The van der Waals surface area contributed by atoms with Crippen LogP contribution < -0.4 is 20.1 Å². The number of hydrogen-bond acceptors (Lipinski definition) is 4. The second kappa shape index (κ2) is 19.0. The lowest BCUT2D eigenvalue weighted by Crippen LogP contribution is -2.51. The summed E-state index contributed by atoms with van der Waals surface area (Å²) >= 11 is 11.6. The van der Waals surface area contributed by atoms with Gasteiger partial charge in [-0.15, -0.1) is 0 Å². The number of nitrogens with one attached hydrogen (secondary N) is 2. The van der Waals surface area contributed by atoms with E-state index in [0.717, 1.165) is 88.7 Å². The molecule has 6 heteroatoms. The summed E-state index contributed by atoms with van der Waals surface area (Å²) in [6.45, 7) is 16.8. The van der Waals surface area contributed by atoms with Gasteiger partial charge in [0.15, 0.2) is 0 Å². The molecule has 1 fully saturated rings. The Balaban J connectivity index is 1.66. The molecular weight excluding hydrogens is 605 g/mol. The Kier molecular flexibility index (Phi) is 15.8. The summed E-state index contributed by atoms with van der Waals surface area (Å²) in [6.07, 6.45) is 16.7. The fourth-order valence-electron chi connectivity index (χ4n) is 7.48. The van der Waals surface area contributed by atoms with Gasteiger partial charge in [-0.25, -0.2) is 0 Å². The van der Waals surface area contributed by atoms with Crippen molar-refractivity contribution in [1.82, 2.24) is 10.6 Å².